The minimum atomic E-state index is -0.611. The van der Waals surface area contributed by atoms with Crippen LogP contribution in [0.5, 0.6) is 0 Å². The first-order valence-electron chi connectivity index (χ1n) is 12.8. The number of amides is 3. The third-order valence-corrected chi connectivity index (χ3v) is 7.34. The number of benzene rings is 2. The number of carbonyl (C=O) groups is 3. The molecule has 192 valence electrons. The van der Waals surface area contributed by atoms with Gasteiger partial charge in [-0.1, -0.05) is 56.3 Å². The molecule has 3 amide bonds. The van der Waals surface area contributed by atoms with Gasteiger partial charge < -0.3 is 19.5 Å². The summed E-state index contributed by atoms with van der Waals surface area (Å²) in [5.41, 5.74) is 4.29. The number of hydrogen-bond acceptors (Lipinski definition) is 5. The van der Waals surface area contributed by atoms with Gasteiger partial charge in [0.1, 0.15) is 12.1 Å². The Morgan fingerprint density at radius 2 is 1.89 bits per heavy atom. The second-order valence-electron chi connectivity index (χ2n) is 10.2. The molecule has 8 nitrogen and oxygen atoms in total. The van der Waals surface area contributed by atoms with Crippen molar-refractivity contribution in [2.75, 3.05) is 6.54 Å². The van der Waals surface area contributed by atoms with Crippen molar-refractivity contribution in [1.82, 2.24) is 20.1 Å². The first-order valence-corrected chi connectivity index (χ1v) is 12.8. The number of aryl methyl sites for hydroxylation is 1. The van der Waals surface area contributed by atoms with Crippen LogP contribution in [0.3, 0.4) is 0 Å². The average Bonchev–Trinajstić information content (AvgIpc) is 3.63. The molecule has 0 saturated carbocycles. The van der Waals surface area contributed by atoms with Gasteiger partial charge in [-0.3, -0.25) is 14.4 Å². The summed E-state index contributed by atoms with van der Waals surface area (Å²) >= 11 is 0. The highest BCUT2D eigenvalue weighted by atomic mass is 16.3. The molecule has 2 aliphatic rings. The molecule has 5 rings (SSSR count). The van der Waals surface area contributed by atoms with Crippen molar-refractivity contribution in [2.24, 2.45) is 5.92 Å². The van der Waals surface area contributed by atoms with Crippen molar-refractivity contribution in [3.63, 3.8) is 0 Å². The SMILES string of the molecule is Cc1ncoc1-c1ccc(CNC(=O)[C@@H]2CCCN2C(=O)C(C(C)C)N2Cc3ccccc3C2=O)cc1. The van der Waals surface area contributed by atoms with E-state index in [1.54, 1.807) is 9.80 Å². The fourth-order valence-corrected chi connectivity index (χ4v) is 5.41. The van der Waals surface area contributed by atoms with Crippen molar-refractivity contribution in [1.29, 1.82) is 0 Å². The topological polar surface area (TPSA) is 95.8 Å². The fourth-order valence-electron chi connectivity index (χ4n) is 5.41. The zero-order valence-electron chi connectivity index (χ0n) is 21.4. The van der Waals surface area contributed by atoms with Gasteiger partial charge in [0, 0.05) is 30.8 Å². The Kier molecular flexibility index (Phi) is 6.82. The number of carbonyl (C=O) groups excluding carboxylic acids is 3. The maximum atomic E-state index is 13.8. The molecule has 2 aromatic carbocycles. The van der Waals surface area contributed by atoms with E-state index in [9.17, 15) is 14.4 Å². The van der Waals surface area contributed by atoms with Crippen LogP contribution in [0.1, 0.15) is 53.9 Å². The Morgan fingerprint density at radius 3 is 2.57 bits per heavy atom. The molecular weight excluding hydrogens is 468 g/mol. The molecular formula is C29H32N4O4. The molecule has 8 heteroatoms. The number of hydrogen-bond donors (Lipinski definition) is 1. The van der Waals surface area contributed by atoms with E-state index in [-0.39, 0.29) is 23.6 Å². The molecule has 2 atom stereocenters. The highest BCUT2D eigenvalue weighted by molar-refractivity contribution is 6.01. The number of nitrogens with one attached hydrogen (secondary N) is 1. The predicted octanol–water partition coefficient (Wildman–Crippen LogP) is 3.94. The summed E-state index contributed by atoms with van der Waals surface area (Å²) in [6.45, 7) is 7.09. The molecule has 0 spiro atoms. The van der Waals surface area contributed by atoms with Crippen LogP contribution in [-0.4, -0.2) is 51.1 Å². The van der Waals surface area contributed by atoms with Crippen molar-refractivity contribution in [2.45, 2.75) is 58.8 Å². The normalized spacial score (nSPS) is 17.8. The average molecular weight is 501 g/mol. The zero-order chi connectivity index (χ0) is 26.1. The van der Waals surface area contributed by atoms with Gasteiger partial charge in [0.05, 0.1) is 5.69 Å². The van der Waals surface area contributed by atoms with Crippen molar-refractivity contribution in [3.8, 4) is 11.3 Å². The lowest BCUT2D eigenvalue weighted by molar-refractivity contribution is -0.143. The second kappa shape index (κ2) is 10.2. The van der Waals surface area contributed by atoms with E-state index in [2.05, 4.69) is 10.3 Å². The van der Waals surface area contributed by atoms with E-state index in [0.717, 1.165) is 34.6 Å². The van der Waals surface area contributed by atoms with E-state index in [1.807, 2.05) is 69.3 Å². The first kappa shape index (κ1) is 24.7. The minimum absolute atomic E-state index is 0.0819. The lowest BCUT2D eigenvalue weighted by Crippen LogP contribution is -2.55. The highest BCUT2D eigenvalue weighted by Gasteiger charge is 2.43. The molecule has 1 N–H and O–H groups in total. The third kappa shape index (κ3) is 4.75. The quantitative estimate of drug-likeness (QED) is 0.530. The van der Waals surface area contributed by atoms with Gasteiger partial charge in [-0.05, 0) is 42.9 Å². The molecule has 0 radical (unpaired) electrons. The van der Waals surface area contributed by atoms with E-state index in [4.69, 9.17) is 4.42 Å². The number of fused-ring (bicyclic) bond motifs is 1. The number of oxazole rings is 1. The van der Waals surface area contributed by atoms with Crippen molar-refractivity contribution >= 4 is 17.7 Å². The molecule has 1 fully saturated rings. The summed E-state index contributed by atoms with van der Waals surface area (Å²) in [5, 5.41) is 3.00. The molecule has 0 bridgehead atoms. The smallest absolute Gasteiger partial charge is 0.255 e. The van der Waals surface area contributed by atoms with Crippen LogP contribution in [0, 0.1) is 12.8 Å². The van der Waals surface area contributed by atoms with Crippen LogP contribution in [-0.2, 0) is 22.7 Å². The van der Waals surface area contributed by atoms with Gasteiger partial charge in [0.2, 0.25) is 11.8 Å². The van der Waals surface area contributed by atoms with E-state index < -0.39 is 12.1 Å². The van der Waals surface area contributed by atoms with Gasteiger partial charge in [-0.15, -0.1) is 0 Å². The monoisotopic (exact) mass is 500 g/mol. The lowest BCUT2D eigenvalue weighted by Gasteiger charge is -2.35. The highest BCUT2D eigenvalue weighted by Crippen LogP contribution is 2.30. The summed E-state index contributed by atoms with van der Waals surface area (Å²) in [6.07, 6.45) is 2.80. The molecule has 1 aromatic heterocycles. The van der Waals surface area contributed by atoms with Crippen LogP contribution in [0.4, 0.5) is 0 Å². The molecule has 0 aliphatic carbocycles. The second-order valence-corrected chi connectivity index (χ2v) is 10.2. The van der Waals surface area contributed by atoms with Crippen molar-refractivity contribution in [3.05, 3.63) is 77.3 Å². The van der Waals surface area contributed by atoms with Crippen LogP contribution in [0.2, 0.25) is 0 Å². The van der Waals surface area contributed by atoms with Crippen LogP contribution >= 0.6 is 0 Å². The van der Waals surface area contributed by atoms with Gasteiger partial charge in [-0.2, -0.15) is 0 Å². The van der Waals surface area contributed by atoms with E-state index >= 15 is 0 Å². The standard InChI is InChI=1S/C29H32N4O4/c1-18(2)25(33-16-22-7-4-5-8-23(22)28(33)35)29(36)32-14-6-9-24(32)27(34)30-15-20-10-12-21(13-11-20)26-19(3)31-17-37-26/h4-5,7-8,10-13,17-18,24-25H,6,9,14-16H2,1-3H3,(H,30,34)/t24-,25?/m0/s1. The maximum absolute atomic E-state index is 13.8. The van der Waals surface area contributed by atoms with Gasteiger partial charge in [0.15, 0.2) is 12.2 Å². The molecule has 37 heavy (non-hydrogen) atoms. The van der Waals surface area contributed by atoms with Crippen LogP contribution in [0.25, 0.3) is 11.3 Å². The number of aromatic nitrogens is 1. The summed E-state index contributed by atoms with van der Waals surface area (Å²) in [7, 11) is 0. The zero-order valence-corrected chi connectivity index (χ0v) is 21.4. The summed E-state index contributed by atoms with van der Waals surface area (Å²) in [6, 6.07) is 14.1. The van der Waals surface area contributed by atoms with Crippen LogP contribution in [0.15, 0.2) is 59.3 Å². The number of likely N-dealkylation sites (tertiary alicyclic amines) is 1. The minimum Gasteiger partial charge on any atom is -0.443 e. The molecule has 2 aliphatic heterocycles. The van der Waals surface area contributed by atoms with Gasteiger partial charge >= 0.3 is 0 Å². The largest absolute Gasteiger partial charge is 0.443 e. The van der Waals surface area contributed by atoms with Crippen LogP contribution < -0.4 is 5.32 Å². The van der Waals surface area contributed by atoms with E-state index in [1.165, 1.54) is 6.39 Å². The van der Waals surface area contributed by atoms with Crippen molar-refractivity contribution < 1.29 is 18.8 Å². The predicted molar refractivity (Wildman–Crippen MR) is 138 cm³/mol. The Morgan fingerprint density at radius 1 is 1.14 bits per heavy atom. The lowest BCUT2D eigenvalue weighted by atomic mass is 10.0. The Bertz CT molecular complexity index is 1310. The maximum Gasteiger partial charge on any atom is 0.255 e. The summed E-state index contributed by atoms with van der Waals surface area (Å²) in [5.74, 6) is 0.212. The Balaban J connectivity index is 1.25. The summed E-state index contributed by atoms with van der Waals surface area (Å²) in [4.78, 5) is 47.5. The number of rotatable bonds is 7. The fraction of sp³-hybridized carbons (Fsp3) is 0.379. The molecule has 3 heterocycles. The van der Waals surface area contributed by atoms with E-state index in [0.29, 0.717) is 31.6 Å². The number of nitrogens with zero attached hydrogens (tertiary/aromatic N) is 3. The van der Waals surface area contributed by atoms with Gasteiger partial charge in [-0.25, -0.2) is 4.98 Å². The summed E-state index contributed by atoms with van der Waals surface area (Å²) < 4.78 is 5.45. The third-order valence-electron chi connectivity index (χ3n) is 7.34. The molecule has 1 unspecified atom stereocenters. The van der Waals surface area contributed by atoms with Gasteiger partial charge in [0.25, 0.3) is 5.91 Å². The Hall–Kier alpha value is -3.94. The molecule has 3 aromatic rings. The first-order chi connectivity index (χ1) is 17.8. The Labute approximate surface area is 216 Å². The molecule has 1 saturated heterocycles.